The molecule has 172 valence electrons. The van der Waals surface area contributed by atoms with E-state index >= 15 is 0 Å². The van der Waals surface area contributed by atoms with E-state index in [1.807, 2.05) is 23.4 Å². The standard InChI is InChI=1S/C20H25ClN6O4S/c1-24(2)32(29,30)27-8-6-25(7-9-27)19-4-5-26-12-17(22-20(26)23-19)15-11-16(21)18(31-3)10-14(15)13-28/h4-5,10-12,28H,6-9,13H2,1-3H3. The van der Waals surface area contributed by atoms with Gasteiger partial charge in [-0.15, -0.1) is 0 Å². The van der Waals surface area contributed by atoms with Crippen LogP contribution in [0.3, 0.4) is 0 Å². The summed E-state index contributed by atoms with van der Waals surface area (Å²) in [5, 5.41) is 10.2. The summed E-state index contributed by atoms with van der Waals surface area (Å²) in [5.74, 6) is 1.71. The number of imidazole rings is 1. The van der Waals surface area contributed by atoms with Gasteiger partial charge in [0.1, 0.15) is 11.6 Å². The highest BCUT2D eigenvalue weighted by Crippen LogP contribution is 2.33. The van der Waals surface area contributed by atoms with E-state index in [1.54, 1.807) is 16.5 Å². The van der Waals surface area contributed by atoms with Crippen molar-refractivity contribution in [2.24, 2.45) is 0 Å². The van der Waals surface area contributed by atoms with Crippen molar-refractivity contribution in [2.45, 2.75) is 6.61 Å². The molecule has 4 rings (SSSR count). The molecule has 0 saturated carbocycles. The third-order valence-electron chi connectivity index (χ3n) is 5.49. The molecule has 12 heteroatoms. The molecule has 0 aliphatic carbocycles. The normalized spacial score (nSPS) is 15.6. The number of rotatable bonds is 6. The van der Waals surface area contributed by atoms with Gasteiger partial charge in [-0.1, -0.05) is 11.6 Å². The number of benzene rings is 1. The molecular weight excluding hydrogens is 456 g/mol. The smallest absolute Gasteiger partial charge is 0.281 e. The predicted molar refractivity (Wildman–Crippen MR) is 122 cm³/mol. The monoisotopic (exact) mass is 480 g/mol. The number of methoxy groups -OCH3 is 1. The van der Waals surface area contributed by atoms with Crippen LogP contribution in [0.15, 0.2) is 30.6 Å². The van der Waals surface area contributed by atoms with Crippen LogP contribution in [0.25, 0.3) is 17.0 Å². The first-order valence-electron chi connectivity index (χ1n) is 10.0. The van der Waals surface area contributed by atoms with Crippen LogP contribution in [0.5, 0.6) is 5.75 Å². The molecule has 1 fully saturated rings. The van der Waals surface area contributed by atoms with Gasteiger partial charge in [0.25, 0.3) is 10.2 Å². The summed E-state index contributed by atoms with van der Waals surface area (Å²) in [6.07, 6.45) is 3.69. The minimum atomic E-state index is -3.42. The van der Waals surface area contributed by atoms with Crippen molar-refractivity contribution in [2.75, 3.05) is 52.3 Å². The second-order valence-electron chi connectivity index (χ2n) is 7.60. The lowest BCUT2D eigenvalue weighted by atomic mass is 10.1. The number of aliphatic hydroxyl groups excluding tert-OH is 1. The molecule has 10 nitrogen and oxygen atoms in total. The number of aliphatic hydroxyl groups is 1. The predicted octanol–water partition coefficient (Wildman–Crippen LogP) is 1.48. The quantitative estimate of drug-likeness (QED) is 0.570. The number of hydrogen-bond donors (Lipinski definition) is 1. The lowest BCUT2D eigenvalue weighted by Gasteiger charge is -2.35. The first-order valence-corrected chi connectivity index (χ1v) is 11.8. The van der Waals surface area contributed by atoms with E-state index < -0.39 is 10.2 Å². The van der Waals surface area contributed by atoms with E-state index in [9.17, 15) is 13.5 Å². The van der Waals surface area contributed by atoms with Crippen LogP contribution in [-0.4, -0.2) is 83.9 Å². The Morgan fingerprint density at radius 1 is 1.19 bits per heavy atom. The molecule has 3 heterocycles. The Morgan fingerprint density at radius 2 is 1.91 bits per heavy atom. The Bertz CT molecular complexity index is 1240. The minimum Gasteiger partial charge on any atom is -0.495 e. The van der Waals surface area contributed by atoms with Crippen molar-refractivity contribution < 1.29 is 18.3 Å². The summed E-state index contributed by atoms with van der Waals surface area (Å²) >= 11 is 6.28. The average Bonchev–Trinajstić information content (AvgIpc) is 3.22. The number of ether oxygens (including phenoxy) is 1. The number of hydrogen-bond acceptors (Lipinski definition) is 7. The van der Waals surface area contributed by atoms with Gasteiger partial charge in [-0.3, -0.25) is 4.40 Å². The maximum atomic E-state index is 12.3. The van der Waals surface area contributed by atoms with Gasteiger partial charge in [0.15, 0.2) is 0 Å². The molecule has 1 aliphatic heterocycles. The lowest BCUT2D eigenvalue weighted by molar-refractivity contribution is 0.281. The van der Waals surface area contributed by atoms with Crippen molar-refractivity contribution >= 4 is 33.4 Å². The van der Waals surface area contributed by atoms with E-state index in [0.717, 1.165) is 5.82 Å². The molecule has 2 aromatic heterocycles. The Hall–Kier alpha value is -2.44. The fraction of sp³-hybridized carbons (Fsp3) is 0.400. The third-order valence-corrected chi connectivity index (χ3v) is 7.72. The molecule has 0 unspecified atom stereocenters. The first-order chi connectivity index (χ1) is 15.2. The van der Waals surface area contributed by atoms with Crippen LogP contribution >= 0.6 is 11.6 Å². The number of halogens is 1. The number of fused-ring (bicyclic) bond motifs is 1. The molecule has 3 aromatic rings. The van der Waals surface area contributed by atoms with Gasteiger partial charge in [-0.25, -0.2) is 4.98 Å². The Labute approximate surface area is 191 Å². The van der Waals surface area contributed by atoms with Crippen molar-refractivity contribution in [3.63, 3.8) is 0 Å². The van der Waals surface area contributed by atoms with Gasteiger partial charge in [-0.05, 0) is 23.8 Å². The molecule has 32 heavy (non-hydrogen) atoms. The van der Waals surface area contributed by atoms with E-state index in [0.29, 0.717) is 59.5 Å². The van der Waals surface area contributed by atoms with Crippen molar-refractivity contribution in [1.82, 2.24) is 23.0 Å². The van der Waals surface area contributed by atoms with E-state index in [-0.39, 0.29) is 6.61 Å². The maximum absolute atomic E-state index is 12.3. The SMILES string of the molecule is COc1cc(CO)c(-c2cn3ccc(N4CCN(S(=O)(=O)N(C)C)CC4)nc3n2)cc1Cl. The third kappa shape index (κ3) is 4.14. The van der Waals surface area contributed by atoms with Crippen LogP contribution in [-0.2, 0) is 16.8 Å². The van der Waals surface area contributed by atoms with Crippen LogP contribution in [0, 0.1) is 0 Å². The molecule has 1 saturated heterocycles. The van der Waals surface area contributed by atoms with Crippen molar-refractivity contribution in [3.05, 3.63) is 41.2 Å². The Kier molecular flexibility index (Phi) is 6.28. The highest BCUT2D eigenvalue weighted by Gasteiger charge is 2.29. The van der Waals surface area contributed by atoms with Gasteiger partial charge in [0.2, 0.25) is 5.78 Å². The fourth-order valence-electron chi connectivity index (χ4n) is 3.67. The fourth-order valence-corrected chi connectivity index (χ4v) is 5.00. The average molecular weight is 481 g/mol. The molecule has 1 aromatic carbocycles. The molecule has 0 atom stereocenters. The van der Waals surface area contributed by atoms with E-state index in [1.165, 1.54) is 29.8 Å². The summed E-state index contributed by atoms with van der Waals surface area (Å²) in [6.45, 7) is 1.66. The molecule has 1 N–H and O–H groups in total. The zero-order valence-electron chi connectivity index (χ0n) is 18.1. The summed E-state index contributed by atoms with van der Waals surface area (Å²) < 4.78 is 34.4. The highest BCUT2D eigenvalue weighted by molar-refractivity contribution is 7.86. The molecule has 0 bridgehead atoms. The van der Waals surface area contributed by atoms with Gasteiger partial charge in [-0.2, -0.15) is 22.0 Å². The number of nitrogens with zero attached hydrogens (tertiary/aromatic N) is 6. The Morgan fingerprint density at radius 3 is 2.53 bits per heavy atom. The van der Waals surface area contributed by atoms with Gasteiger partial charge < -0.3 is 14.7 Å². The summed E-state index contributed by atoms with van der Waals surface area (Å²) in [4.78, 5) is 11.3. The van der Waals surface area contributed by atoms with Crippen LogP contribution in [0.1, 0.15) is 5.56 Å². The molecule has 0 spiro atoms. The van der Waals surface area contributed by atoms with Crippen LogP contribution in [0.2, 0.25) is 5.02 Å². The van der Waals surface area contributed by atoms with Crippen molar-refractivity contribution in [1.29, 1.82) is 0 Å². The van der Waals surface area contributed by atoms with Crippen LogP contribution in [0.4, 0.5) is 5.82 Å². The summed E-state index contributed by atoms with van der Waals surface area (Å²) in [6, 6.07) is 5.29. The lowest BCUT2D eigenvalue weighted by Crippen LogP contribution is -2.51. The second kappa shape index (κ2) is 8.83. The maximum Gasteiger partial charge on any atom is 0.281 e. The van der Waals surface area contributed by atoms with Crippen LogP contribution < -0.4 is 9.64 Å². The Balaban J connectivity index is 1.59. The molecule has 0 amide bonds. The minimum absolute atomic E-state index is 0.185. The van der Waals surface area contributed by atoms with E-state index in [4.69, 9.17) is 16.3 Å². The second-order valence-corrected chi connectivity index (χ2v) is 10.1. The zero-order valence-corrected chi connectivity index (χ0v) is 19.6. The van der Waals surface area contributed by atoms with E-state index in [2.05, 4.69) is 9.97 Å². The summed E-state index contributed by atoms with van der Waals surface area (Å²) in [7, 11) is 1.17. The summed E-state index contributed by atoms with van der Waals surface area (Å²) in [5.41, 5.74) is 1.98. The molecule has 1 aliphatic rings. The van der Waals surface area contributed by atoms with Gasteiger partial charge >= 0.3 is 0 Å². The largest absolute Gasteiger partial charge is 0.495 e. The van der Waals surface area contributed by atoms with Crippen molar-refractivity contribution in [3.8, 4) is 17.0 Å². The zero-order chi connectivity index (χ0) is 23.0. The first kappa shape index (κ1) is 22.7. The number of piperazine rings is 1. The number of anilines is 1. The van der Waals surface area contributed by atoms with Gasteiger partial charge in [0, 0.05) is 58.2 Å². The number of aromatic nitrogens is 3. The molecule has 0 radical (unpaired) electrons. The van der Waals surface area contributed by atoms with Gasteiger partial charge in [0.05, 0.1) is 24.4 Å². The topological polar surface area (TPSA) is 104 Å². The molecular formula is C20H25ClN6O4S. The highest BCUT2D eigenvalue weighted by atomic mass is 35.5.